The first-order valence-corrected chi connectivity index (χ1v) is 10.3. The predicted molar refractivity (Wildman–Crippen MR) is 107 cm³/mol. The van der Waals surface area contributed by atoms with Gasteiger partial charge in [0, 0.05) is 13.1 Å². The zero-order chi connectivity index (χ0) is 19.3. The molecule has 3 aromatic rings. The molecule has 0 spiro atoms. The lowest BCUT2D eigenvalue weighted by Gasteiger charge is -2.26. The van der Waals surface area contributed by atoms with Crippen molar-refractivity contribution in [3.63, 3.8) is 0 Å². The lowest BCUT2D eigenvalue weighted by Crippen LogP contribution is -2.36. The van der Waals surface area contributed by atoms with Crippen LogP contribution < -0.4 is 4.74 Å². The van der Waals surface area contributed by atoms with Gasteiger partial charge in [-0.3, -0.25) is 9.36 Å². The standard InChI is InChI=1S/C20H22N4O3S/c1-26-16-9-7-15(8-10-16)24-19(17-6-5-13-27-17)21-22-20(24)28-14-18(25)23-11-3-2-4-12-23/h5-10,13H,2-4,11-12,14H2,1H3. The maximum atomic E-state index is 12.6. The quantitative estimate of drug-likeness (QED) is 0.590. The van der Waals surface area contributed by atoms with Crippen LogP contribution in [-0.4, -0.2) is 51.5 Å². The van der Waals surface area contributed by atoms with Gasteiger partial charge in [0.25, 0.3) is 0 Å². The van der Waals surface area contributed by atoms with E-state index in [1.165, 1.54) is 18.2 Å². The summed E-state index contributed by atoms with van der Waals surface area (Å²) in [4.78, 5) is 14.5. The number of aromatic nitrogens is 3. The van der Waals surface area contributed by atoms with E-state index in [4.69, 9.17) is 9.15 Å². The number of hydrogen-bond acceptors (Lipinski definition) is 6. The molecule has 0 N–H and O–H groups in total. The van der Waals surface area contributed by atoms with Gasteiger partial charge in [-0.05, 0) is 55.7 Å². The van der Waals surface area contributed by atoms with Crippen LogP contribution in [0.25, 0.3) is 17.3 Å². The molecule has 1 aliphatic heterocycles. The Hall–Kier alpha value is -2.74. The van der Waals surface area contributed by atoms with Crippen molar-refractivity contribution in [2.75, 3.05) is 26.0 Å². The van der Waals surface area contributed by atoms with Crippen LogP contribution in [0.5, 0.6) is 5.75 Å². The van der Waals surface area contributed by atoms with Crippen LogP contribution in [0.15, 0.2) is 52.2 Å². The van der Waals surface area contributed by atoms with Gasteiger partial charge in [0.2, 0.25) is 11.7 Å². The van der Waals surface area contributed by atoms with E-state index in [-0.39, 0.29) is 5.91 Å². The van der Waals surface area contributed by atoms with Crippen LogP contribution in [0.1, 0.15) is 19.3 Å². The largest absolute Gasteiger partial charge is 0.497 e. The molecular formula is C20H22N4O3S. The second kappa shape index (κ2) is 8.52. The number of nitrogens with zero attached hydrogens (tertiary/aromatic N) is 4. The topological polar surface area (TPSA) is 73.4 Å². The molecule has 1 aliphatic rings. The number of ether oxygens (including phenoxy) is 1. The molecule has 1 aromatic carbocycles. The first kappa shape index (κ1) is 18.6. The molecule has 1 saturated heterocycles. The van der Waals surface area contributed by atoms with Crippen molar-refractivity contribution in [3.8, 4) is 23.0 Å². The minimum atomic E-state index is 0.147. The molecule has 2 aromatic heterocycles. The van der Waals surface area contributed by atoms with E-state index in [1.54, 1.807) is 13.4 Å². The van der Waals surface area contributed by atoms with Crippen molar-refractivity contribution < 1.29 is 13.9 Å². The van der Waals surface area contributed by atoms with Crippen molar-refractivity contribution in [1.29, 1.82) is 0 Å². The van der Waals surface area contributed by atoms with Crippen LogP contribution in [0.4, 0.5) is 0 Å². The second-order valence-corrected chi connectivity index (χ2v) is 7.49. The Bertz CT molecular complexity index is 916. The lowest BCUT2D eigenvalue weighted by atomic mass is 10.1. The summed E-state index contributed by atoms with van der Waals surface area (Å²) < 4.78 is 12.7. The number of methoxy groups -OCH3 is 1. The summed E-state index contributed by atoms with van der Waals surface area (Å²) in [7, 11) is 1.63. The van der Waals surface area contributed by atoms with Crippen molar-refractivity contribution >= 4 is 17.7 Å². The van der Waals surface area contributed by atoms with Crippen molar-refractivity contribution in [2.24, 2.45) is 0 Å². The molecule has 0 unspecified atom stereocenters. The average Bonchev–Trinajstić information content (AvgIpc) is 3.42. The molecule has 7 nitrogen and oxygen atoms in total. The molecule has 0 aliphatic carbocycles. The first-order valence-electron chi connectivity index (χ1n) is 9.30. The number of carbonyl (C=O) groups is 1. The van der Waals surface area contributed by atoms with E-state index >= 15 is 0 Å². The Labute approximate surface area is 167 Å². The highest BCUT2D eigenvalue weighted by Crippen LogP contribution is 2.29. The number of furan rings is 1. The van der Waals surface area contributed by atoms with Crippen LogP contribution in [0.2, 0.25) is 0 Å². The lowest BCUT2D eigenvalue weighted by molar-refractivity contribution is -0.129. The third kappa shape index (κ3) is 3.91. The van der Waals surface area contributed by atoms with E-state index in [9.17, 15) is 4.79 Å². The van der Waals surface area contributed by atoms with Crippen LogP contribution in [-0.2, 0) is 4.79 Å². The summed E-state index contributed by atoms with van der Waals surface area (Å²) in [6, 6.07) is 11.3. The number of hydrogen-bond donors (Lipinski definition) is 0. The third-order valence-corrected chi connectivity index (χ3v) is 5.65. The Balaban J connectivity index is 1.60. The van der Waals surface area contributed by atoms with Gasteiger partial charge in [-0.2, -0.15) is 0 Å². The van der Waals surface area contributed by atoms with E-state index in [1.807, 2.05) is 45.9 Å². The fourth-order valence-electron chi connectivity index (χ4n) is 3.25. The third-order valence-electron chi connectivity index (χ3n) is 4.74. The maximum absolute atomic E-state index is 12.6. The van der Waals surface area contributed by atoms with Gasteiger partial charge in [0.1, 0.15) is 5.75 Å². The Morgan fingerprint density at radius 2 is 1.93 bits per heavy atom. The molecule has 0 radical (unpaired) electrons. The molecule has 4 rings (SSSR count). The molecule has 146 valence electrons. The summed E-state index contributed by atoms with van der Waals surface area (Å²) >= 11 is 1.40. The molecule has 28 heavy (non-hydrogen) atoms. The molecule has 0 saturated carbocycles. The average molecular weight is 398 g/mol. The minimum absolute atomic E-state index is 0.147. The molecule has 3 heterocycles. The maximum Gasteiger partial charge on any atom is 0.233 e. The monoisotopic (exact) mass is 398 g/mol. The number of benzene rings is 1. The zero-order valence-corrected chi connectivity index (χ0v) is 16.5. The molecule has 1 fully saturated rings. The van der Waals surface area contributed by atoms with Gasteiger partial charge in [0.05, 0.1) is 24.8 Å². The van der Waals surface area contributed by atoms with Crippen LogP contribution in [0.3, 0.4) is 0 Å². The van der Waals surface area contributed by atoms with Gasteiger partial charge in [-0.25, -0.2) is 0 Å². The van der Waals surface area contributed by atoms with E-state index in [0.717, 1.165) is 37.4 Å². The van der Waals surface area contributed by atoms with Crippen LogP contribution >= 0.6 is 11.8 Å². The van der Waals surface area contributed by atoms with Gasteiger partial charge < -0.3 is 14.1 Å². The van der Waals surface area contributed by atoms with Crippen molar-refractivity contribution in [2.45, 2.75) is 24.4 Å². The summed E-state index contributed by atoms with van der Waals surface area (Å²) in [6.07, 6.45) is 4.98. The second-order valence-electron chi connectivity index (χ2n) is 6.55. The summed E-state index contributed by atoms with van der Waals surface area (Å²) in [5.41, 5.74) is 0.880. The van der Waals surface area contributed by atoms with E-state index in [0.29, 0.717) is 22.5 Å². The zero-order valence-electron chi connectivity index (χ0n) is 15.7. The Morgan fingerprint density at radius 1 is 1.14 bits per heavy atom. The van der Waals surface area contributed by atoms with Crippen molar-refractivity contribution in [1.82, 2.24) is 19.7 Å². The molecule has 0 bridgehead atoms. The Kier molecular flexibility index (Phi) is 5.66. The normalized spacial score (nSPS) is 14.2. The number of amides is 1. The first-order chi connectivity index (χ1) is 13.8. The SMILES string of the molecule is COc1ccc(-n2c(SCC(=O)N3CCCCC3)nnc2-c2ccco2)cc1. The van der Waals surface area contributed by atoms with Gasteiger partial charge in [-0.1, -0.05) is 11.8 Å². The fraction of sp³-hybridized carbons (Fsp3) is 0.350. The number of thioether (sulfide) groups is 1. The fourth-order valence-corrected chi connectivity index (χ4v) is 4.11. The molecule has 0 atom stereocenters. The highest BCUT2D eigenvalue weighted by atomic mass is 32.2. The van der Waals surface area contributed by atoms with E-state index in [2.05, 4.69) is 10.2 Å². The molecule has 8 heteroatoms. The van der Waals surface area contributed by atoms with Gasteiger partial charge in [-0.15, -0.1) is 10.2 Å². The Morgan fingerprint density at radius 3 is 2.61 bits per heavy atom. The smallest absolute Gasteiger partial charge is 0.233 e. The predicted octanol–water partition coefficient (Wildman–Crippen LogP) is 3.64. The van der Waals surface area contributed by atoms with Crippen LogP contribution in [0, 0.1) is 0 Å². The van der Waals surface area contributed by atoms with Gasteiger partial charge >= 0.3 is 0 Å². The van der Waals surface area contributed by atoms with E-state index < -0.39 is 0 Å². The number of rotatable bonds is 6. The summed E-state index contributed by atoms with van der Waals surface area (Å²) in [5.74, 6) is 2.48. The summed E-state index contributed by atoms with van der Waals surface area (Å²) in [5, 5.41) is 9.29. The number of likely N-dealkylation sites (tertiary alicyclic amines) is 1. The van der Waals surface area contributed by atoms with Crippen molar-refractivity contribution in [3.05, 3.63) is 42.7 Å². The number of piperidine rings is 1. The van der Waals surface area contributed by atoms with Gasteiger partial charge in [0.15, 0.2) is 10.9 Å². The highest BCUT2D eigenvalue weighted by molar-refractivity contribution is 7.99. The number of carbonyl (C=O) groups excluding carboxylic acids is 1. The molecular weight excluding hydrogens is 376 g/mol. The molecule has 1 amide bonds. The summed E-state index contributed by atoms with van der Waals surface area (Å²) in [6.45, 7) is 1.70. The minimum Gasteiger partial charge on any atom is -0.497 e. The highest BCUT2D eigenvalue weighted by Gasteiger charge is 2.21.